The van der Waals surface area contributed by atoms with Gasteiger partial charge in [0.25, 0.3) is 5.91 Å². The third-order valence-corrected chi connectivity index (χ3v) is 4.09. The molecule has 2 aromatic carbocycles. The van der Waals surface area contributed by atoms with Gasteiger partial charge < -0.3 is 10.1 Å². The maximum absolute atomic E-state index is 12.2. The molecule has 0 spiro atoms. The van der Waals surface area contributed by atoms with Crippen molar-refractivity contribution >= 4 is 35.2 Å². The molecule has 1 unspecified atom stereocenters. The Bertz CT molecular complexity index is 797. The molecule has 4 nitrogen and oxygen atoms in total. The minimum absolute atomic E-state index is 0.414. The van der Waals surface area contributed by atoms with Crippen LogP contribution < -0.4 is 5.32 Å². The second-order valence-corrected chi connectivity index (χ2v) is 6.13. The lowest BCUT2D eigenvalue weighted by atomic mass is 10.1. The number of rotatable bonds is 5. The molecule has 0 bridgehead atoms. The van der Waals surface area contributed by atoms with E-state index in [2.05, 4.69) is 5.32 Å². The lowest BCUT2D eigenvalue weighted by molar-refractivity contribution is -0.148. The molecule has 5 heteroatoms. The summed E-state index contributed by atoms with van der Waals surface area (Å²) >= 11 is 6.02. The summed E-state index contributed by atoms with van der Waals surface area (Å²) < 4.78 is 5.13. The van der Waals surface area contributed by atoms with E-state index in [9.17, 15) is 9.59 Å². The fourth-order valence-electron chi connectivity index (χ4n) is 2.09. The number of carbonyl (C=O) groups is 2. The Kier molecular flexibility index (Phi) is 6.37. The van der Waals surface area contributed by atoms with Crippen LogP contribution in [0.1, 0.15) is 23.6 Å². The average molecular weight is 358 g/mol. The van der Waals surface area contributed by atoms with Crippen LogP contribution in [0.25, 0.3) is 6.08 Å². The monoisotopic (exact) mass is 357 g/mol. The minimum atomic E-state index is -0.923. The first-order chi connectivity index (χ1) is 11.9. The van der Waals surface area contributed by atoms with Crippen LogP contribution >= 0.6 is 11.6 Å². The number of aryl methyl sites for hydroxylation is 1. The van der Waals surface area contributed by atoms with Crippen molar-refractivity contribution in [2.24, 2.45) is 0 Å². The zero-order valence-corrected chi connectivity index (χ0v) is 15.1. The number of halogens is 1. The Labute approximate surface area is 152 Å². The first kappa shape index (κ1) is 18.7. The quantitative estimate of drug-likeness (QED) is 0.631. The van der Waals surface area contributed by atoms with Crippen LogP contribution in [-0.4, -0.2) is 18.0 Å². The third-order valence-electron chi connectivity index (χ3n) is 3.68. The maximum Gasteiger partial charge on any atom is 0.331 e. The van der Waals surface area contributed by atoms with Gasteiger partial charge in [0.15, 0.2) is 6.10 Å². The normalized spacial score (nSPS) is 12.0. The van der Waals surface area contributed by atoms with Gasteiger partial charge >= 0.3 is 5.97 Å². The van der Waals surface area contributed by atoms with Gasteiger partial charge in [0.05, 0.1) is 0 Å². The first-order valence-corrected chi connectivity index (χ1v) is 8.26. The van der Waals surface area contributed by atoms with E-state index in [4.69, 9.17) is 16.3 Å². The van der Waals surface area contributed by atoms with Crippen molar-refractivity contribution < 1.29 is 14.3 Å². The molecule has 1 atom stereocenters. The van der Waals surface area contributed by atoms with Gasteiger partial charge in [-0.3, -0.25) is 4.79 Å². The van der Waals surface area contributed by atoms with Gasteiger partial charge in [0.2, 0.25) is 0 Å². The predicted octanol–water partition coefficient (Wildman–Crippen LogP) is 4.54. The van der Waals surface area contributed by atoms with E-state index in [0.29, 0.717) is 10.7 Å². The molecule has 2 aromatic rings. The first-order valence-electron chi connectivity index (χ1n) is 7.88. The highest BCUT2D eigenvalue weighted by atomic mass is 35.5. The van der Waals surface area contributed by atoms with E-state index in [0.717, 1.165) is 16.7 Å². The molecule has 130 valence electrons. The molecular weight excluding hydrogens is 338 g/mol. The van der Waals surface area contributed by atoms with Gasteiger partial charge in [-0.2, -0.15) is 0 Å². The van der Waals surface area contributed by atoms with Crippen LogP contribution in [0.4, 0.5) is 5.69 Å². The zero-order chi connectivity index (χ0) is 18.4. The SMILES string of the molecule is Cc1ccc(/C=C/C(=O)OC(C)C(=O)Nc2cccc(Cl)c2C)cc1. The molecule has 0 saturated carbocycles. The second-order valence-electron chi connectivity index (χ2n) is 5.72. The van der Waals surface area contributed by atoms with E-state index in [-0.39, 0.29) is 0 Å². The molecule has 0 radical (unpaired) electrons. The van der Waals surface area contributed by atoms with E-state index in [1.165, 1.54) is 13.0 Å². The van der Waals surface area contributed by atoms with E-state index in [1.54, 1.807) is 31.2 Å². The number of nitrogens with one attached hydrogen (secondary N) is 1. The highest BCUT2D eigenvalue weighted by Crippen LogP contribution is 2.23. The molecule has 0 fully saturated rings. The summed E-state index contributed by atoms with van der Waals surface area (Å²) in [7, 11) is 0. The molecular formula is C20H20ClNO3. The number of carbonyl (C=O) groups excluding carboxylic acids is 2. The molecule has 2 rings (SSSR count). The summed E-state index contributed by atoms with van der Waals surface area (Å²) in [5.74, 6) is -0.992. The Morgan fingerprint density at radius 1 is 1.12 bits per heavy atom. The Morgan fingerprint density at radius 2 is 1.80 bits per heavy atom. The van der Waals surface area contributed by atoms with Gasteiger partial charge in [-0.1, -0.05) is 47.5 Å². The maximum atomic E-state index is 12.2. The number of amides is 1. The molecule has 0 aliphatic rings. The zero-order valence-electron chi connectivity index (χ0n) is 14.4. The third kappa shape index (κ3) is 5.47. The van der Waals surface area contributed by atoms with Crippen molar-refractivity contribution in [3.05, 3.63) is 70.3 Å². The van der Waals surface area contributed by atoms with Gasteiger partial charge in [-0.15, -0.1) is 0 Å². The van der Waals surface area contributed by atoms with E-state index in [1.807, 2.05) is 31.2 Å². The number of hydrogen-bond donors (Lipinski definition) is 1. The van der Waals surface area contributed by atoms with Crippen LogP contribution in [0.15, 0.2) is 48.5 Å². The molecule has 0 aliphatic carbocycles. The van der Waals surface area contributed by atoms with Gasteiger partial charge in [0.1, 0.15) is 0 Å². The standard InChI is InChI=1S/C20H20ClNO3/c1-13-7-9-16(10-8-13)11-12-19(23)25-15(3)20(24)22-18-6-4-5-17(21)14(18)2/h4-12,15H,1-3H3,(H,22,24)/b12-11+. The van der Waals surface area contributed by atoms with Crippen molar-refractivity contribution in [3.63, 3.8) is 0 Å². The lowest BCUT2D eigenvalue weighted by Gasteiger charge is -2.14. The smallest absolute Gasteiger partial charge is 0.331 e. The molecule has 1 N–H and O–H groups in total. The summed E-state index contributed by atoms with van der Waals surface area (Å²) in [6.45, 7) is 5.31. The molecule has 0 aromatic heterocycles. The Balaban J connectivity index is 1.92. The van der Waals surface area contributed by atoms with Crippen molar-refractivity contribution in [2.45, 2.75) is 26.9 Å². The second kappa shape index (κ2) is 8.49. The predicted molar refractivity (Wildman–Crippen MR) is 101 cm³/mol. The van der Waals surface area contributed by atoms with Gasteiger partial charge in [-0.05, 0) is 50.1 Å². The summed E-state index contributed by atoms with van der Waals surface area (Å²) in [5, 5.41) is 3.27. The molecule has 0 heterocycles. The van der Waals surface area contributed by atoms with Gasteiger partial charge in [-0.25, -0.2) is 4.79 Å². The fraction of sp³-hybridized carbons (Fsp3) is 0.200. The number of anilines is 1. The fourth-order valence-corrected chi connectivity index (χ4v) is 2.26. The number of ether oxygens (including phenoxy) is 1. The molecule has 25 heavy (non-hydrogen) atoms. The van der Waals surface area contributed by atoms with Crippen LogP contribution in [0.2, 0.25) is 5.02 Å². The van der Waals surface area contributed by atoms with Crippen LogP contribution in [0.3, 0.4) is 0 Å². The highest BCUT2D eigenvalue weighted by Gasteiger charge is 2.17. The minimum Gasteiger partial charge on any atom is -0.449 e. The topological polar surface area (TPSA) is 55.4 Å². The molecule has 0 saturated heterocycles. The summed E-state index contributed by atoms with van der Waals surface area (Å²) in [6.07, 6.45) is 2.03. The summed E-state index contributed by atoms with van der Waals surface area (Å²) in [4.78, 5) is 24.0. The Morgan fingerprint density at radius 3 is 2.48 bits per heavy atom. The number of esters is 1. The van der Waals surface area contributed by atoms with Crippen molar-refractivity contribution in [1.82, 2.24) is 0 Å². The summed E-state index contributed by atoms with van der Waals surface area (Å²) in [5.41, 5.74) is 3.38. The van der Waals surface area contributed by atoms with Crippen LogP contribution in [0, 0.1) is 13.8 Å². The number of benzene rings is 2. The molecule has 0 aliphatic heterocycles. The number of hydrogen-bond acceptors (Lipinski definition) is 3. The van der Waals surface area contributed by atoms with Crippen LogP contribution in [0.5, 0.6) is 0 Å². The van der Waals surface area contributed by atoms with Crippen LogP contribution in [-0.2, 0) is 14.3 Å². The van der Waals surface area contributed by atoms with E-state index < -0.39 is 18.0 Å². The molecule has 1 amide bonds. The van der Waals surface area contributed by atoms with Gasteiger partial charge in [0, 0.05) is 16.8 Å². The van der Waals surface area contributed by atoms with Crippen molar-refractivity contribution in [3.8, 4) is 0 Å². The van der Waals surface area contributed by atoms with E-state index >= 15 is 0 Å². The average Bonchev–Trinajstić information content (AvgIpc) is 2.58. The Hall–Kier alpha value is -2.59. The summed E-state index contributed by atoms with van der Waals surface area (Å²) in [6, 6.07) is 12.9. The lowest BCUT2D eigenvalue weighted by Crippen LogP contribution is -2.29. The van der Waals surface area contributed by atoms with Crippen molar-refractivity contribution in [2.75, 3.05) is 5.32 Å². The largest absolute Gasteiger partial charge is 0.449 e. The van der Waals surface area contributed by atoms with Crippen molar-refractivity contribution in [1.29, 1.82) is 0 Å². The highest BCUT2D eigenvalue weighted by molar-refractivity contribution is 6.31.